The van der Waals surface area contributed by atoms with Gasteiger partial charge in [-0.15, -0.1) is 0 Å². The molecular formula is C29H21Cl3V. The third-order valence-electron chi connectivity index (χ3n) is 5.68. The molecule has 0 bridgehead atoms. The molecule has 0 radical (unpaired) electrons. The molecule has 0 saturated heterocycles. The molecule has 4 heteroatoms. The molecule has 33 heavy (non-hydrogen) atoms. The van der Waals surface area contributed by atoms with Crippen molar-refractivity contribution in [3.63, 3.8) is 0 Å². The number of hydrogen-bond acceptors (Lipinski definition) is 0. The van der Waals surface area contributed by atoms with E-state index in [-0.39, 0.29) is 41.3 Å². The molecule has 5 rings (SSSR count). The van der Waals surface area contributed by atoms with Crippen molar-refractivity contribution in [3.05, 3.63) is 150 Å². The average Bonchev–Trinajstić information content (AvgIpc) is 3.16. The minimum atomic E-state index is -0.286. The van der Waals surface area contributed by atoms with Crippen LogP contribution in [0.15, 0.2) is 127 Å². The minimum absolute atomic E-state index is 0. The van der Waals surface area contributed by atoms with E-state index >= 15 is 0 Å². The molecule has 4 aromatic carbocycles. The van der Waals surface area contributed by atoms with E-state index in [1.54, 1.807) is 0 Å². The Morgan fingerprint density at radius 1 is 0.455 bits per heavy atom. The quantitative estimate of drug-likeness (QED) is 0.293. The fraction of sp³-hybridized carbons (Fsp3) is 0.0345. The first-order valence-electron chi connectivity index (χ1n) is 10.2. The molecule has 163 valence electrons. The zero-order valence-electron chi connectivity index (χ0n) is 17.7. The molecule has 0 spiro atoms. The molecule has 0 aliphatic heterocycles. The van der Waals surface area contributed by atoms with Crippen molar-refractivity contribution in [2.45, 2.75) is 4.13 Å². The second-order valence-electron chi connectivity index (χ2n) is 7.54. The van der Waals surface area contributed by atoms with Gasteiger partial charge in [-0.1, -0.05) is 0 Å². The summed E-state index contributed by atoms with van der Waals surface area (Å²) in [5.41, 5.74) is 8.94. The predicted molar refractivity (Wildman–Crippen MR) is 122 cm³/mol. The maximum atomic E-state index is 2.97. The van der Waals surface area contributed by atoms with Crippen LogP contribution in [0.4, 0.5) is 0 Å². The summed E-state index contributed by atoms with van der Waals surface area (Å²) in [7, 11) is 0. The summed E-state index contributed by atoms with van der Waals surface area (Å²) in [6.07, 6.45) is 2.43. The van der Waals surface area contributed by atoms with Crippen molar-refractivity contribution in [2.24, 2.45) is 0 Å². The van der Waals surface area contributed by atoms with E-state index in [0.29, 0.717) is 0 Å². The second kappa shape index (κ2) is 11.8. The van der Waals surface area contributed by atoms with E-state index in [0.717, 1.165) is 0 Å². The van der Waals surface area contributed by atoms with Crippen molar-refractivity contribution in [3.8, 4) is 0 Å². The van der Waals surface area contributed by atoms with Crippen LogP contribution in [0.5, 0.6) is 0 Å². The molecule has 1 aliphatic carbocycles. The Kier molecular flexibility index (Phi) is 9.67. The molecule has 0 saturated carbocycles. The van der Waals surface area contributed by atoms with Crippen LogP contribution in [0.2, 0.25) is 0 Å². The topological polar surface area (TPSA) is 0 Å². The van der Waals surface area contributed by atoms with Crippen LogP contribution in [0.1, 0.15) is 22.3 Å². The summed E-state index contributed by atoms with van der Waals surface area (Å²) in [5, 5.41) is 0. The van der Waals surface area contributed by atoms with E-state index < -0.39 is 0 Å². The van der Waals surface area contributed by atoms with Crippen molar-refractivity contribution >= 4 is 16.7 Å². The summed E-state index contributed by atoms with van der Waals surface area (Å²) in [5.74, 6) is 0. The summed E-state index contributed by atoms with van der Waals surface area (Å²) in [6.45, 7) is 0. The van der Waals surface area contributed by atoms with Gasteiger partial charge in [0.1, 0.15) is 0 Å². The van der Waals surface area contributed by atoms with Crippen LogP contribution in [-0.2, 0) is 21.6 Å². The van der Waals surface area contributed by atoms with Gasteiger partial charge in [0.2, 0.25) is 0 Å². The number of halogens is 3. The Balaban J connectivity index is 0.00000128. The maximum absolute atomic E-state index is 2.97. The van der Waals surface area contributed by atoms with Gasteiger partial charge < -0.3 is 37.2 Å². The molecule has 4 aromatic rings. The molecule has 0 heterocycles. The van der Waals surface area contributed by atoms with Crippen molar-refractivity contribution in [2.75, 3.05) is 0 Å². The van der Waals surface area contributed by atoms with Gasteiger partial charge in [-0.25, -0.2) is 0 Å². The fourth-order valence-corrected chi connectivity index (χ4v) is 5.13. The number of benzene rings is 4. The molecule has 1 unspecified atom stereocenters. The van der Waals surface area contributed by atoms with Crippen LogP contribution in [0, 0.1) is 0 Å². The molecule has 0 nitrogen and oxygen atoms in total. The van der Waals surface area contributed by atoms with E-state index in [2.05, 4.69) is 145 Å². The zero-order chi connectivity index (χ0) is 20.4. The van der Waals surface area contributed by atoms with Gasteiger partial charge in [-0.3, -0.25) is 0 Å². The van der Waals surface area contributed by atoms with Crippen LogP contribution >= 0.6 is 0 Å². The summed E-state index contributed by atoms with van der Waals surface area (Å²) < 4.78 is -0.286. The van der Waals surface area contributed by atoms with Crippen molar-refractivity contribution in [1.82, 2.24) is 0 Å². The third kappa shape index (κ3) is 5.17. The number of allylic oxidation sites excluding steroid dienone is 4. The van der Waals surface area contributed by atoms with Gasteiger partial charge in [-0.2, -0.15) is 0 Å². The van der Waals surface area contributed by atoms with Crippen LogP contribution in [0.3, 0.4) is 0 Å². The van der Waals surface area contributed by atoms with Crippen molar-refractivity contribution in [1.29, 1.82) is 0 Å². The monoisotopic (exact) mass is 525 g/mol. The van der Waals surface area contributed by atoms with Crippen molar-refractivity contribution < 1.29 is 54.6 Å². The number of rotatable bonds is 4. The molecular weight excluding hydrogens is 506 g/mol. The SMILES string of the molecule is [Cl-].[Cl-].[Cl-].[V+3][C]1(c2ccccc2)C=C(c2ccccc2)C(c2ccccc2)=C1c1ccccc1. The third-order valence-corrected chi connectivity index (χ3v) is 6.63. The van der Waals surface area contributed by atoms with E-state index in [9.17, 15) is 0 Å². The Labute approximate surface area is 224 Å². The molecule has 0 fully saturated rings. The van der Waals surface area contributed by atoms with Gasteiger partial charge in [-0.05, 0) is 0 Å². The first kappa shape index (κ1) is 27.1. The van der Waals surface area contributed by atoms with E-state index in [4.69, 9.17) is 0 Å². The van der Waals surface area contributed by atoms with Crippen LogP contribution < -0.4 is 37.2 Å². The van der Waals surface area contributed by atoms with Crippen LogP contribution in [0.25, 0.3) is 16.7 Å². The number of hydrogen-bond donors (Lipinski definition) is 0. The average molecular weight is 527 g/mol. The Morgan fingerprint density at radius 3 is 1.33 bits per heavy atom. The van der Waals surface area contributed by atoms with Gasteiger partial charge in [0.25, 0.3) is 0 Å². The molecule has 0 amide bonds. The molecule has 1 atom stereocenters. The molecule has 0 N–H and O–H groups in total. The van der Waals surface area contributed by atoms with Crippen LogP contribution in [-0.4, -0.2) is 0 Å². The standard InChI is InChI=1S/C29H21.3ClH.V/c1-5-13-22(14-6-1)26-21-27(23-15-7-2-8-16-23)29(25-19-11-4-12-20-25)28(26)24-17-9-3-10-18-24;;;;/h1-21H;3*1H;/q;;;;+3/p-3. The first-order valence-corrected chi connectivity index (χ1v) is 10.9. The molecule has 0 aromatic heterocycles. The summed E-state index contributed by atoms with van der Waals surface area (Å²) in [6, 6.07) is 43.1. The Hall–Kier alpha value is -2.19. The van der Waals surface area contributed by atoms with Gasteiger partial charge in [0.05, 0.1) is 0 Å². The summed E-state index contributed by atoms with van der Waals surface area (Å²) >= 11 is 2.97. The van der Waals surface area contributed by atoms with E-state index in [1.807, 2.05) is 0 Å². The predicted octanol–water partition coefficient (Wildman–Crippen LogP) is -1.85. The molecule has 1 aliphatic rings. The van der Waals surface area contributed by atoms with Gasteiger partial charge >= 0.3 is 188 Å². The second-order valence-corrected chi connectivity index (χ2v) is 8.64. The Morgan fingerprint density at radius 2 is 0.848 bits per heavy atom. The van der Waals surface area contributed by atoms with Gasteiger partial charge in [0.15, 0.2) is 0 Å². The Bertz CT molecular complexity index is 1220. The first-order chi connectivity index (χ1) is 14.8. The van der Waals surface area contributed by atoms with E-state index in [1.165, 1.54) is 39.0 Å². The van der Waals surface area contributed by atoms with Gasteiger partial charge in [0, 0.05) is 0 Å². The fourth-order valence-electron chi connectivity index (χ4n) is 4.32. The zero-order valence-corrected chi connectivity index (χ0v) is 21.4. The summed E-state index contributed by atoms with van der Waals surface area (Å²) in [4.78, 5) is 0. The normalized spacial score (nSPS) is 16.7.